The average Bonchev–Trinajstić information content (AvgIpc) is 3.23. The van der Waals surface area contributed by atoms with Crippen LogP contribution in [-0.2, 0) is 17.4 Å². The lowest BCUT2D eigenvalue weighted by Gasteiger charge is -2.38. The molecule has 0 spiro atoms. The second kappa shape index (κ2) is 9.09. The van der Waals surface area contributed by atoms with Crippen LogP contribution in [-0.4, -0.2) is 19.3 Å². The molecule has 0 saturated carbocycles. The predicted octanol–water partition coefficient (Wildman–Crippen LogP) is 8.27. The number of aliphatic hydroxyl groups is 1. The quantitative estimate of drug-likeness (QED) is 0.250. The molecule has 0 aromatic heterocycles. The van der Waals surface area contributed by atoms with Crippen molar-refractivity contribution in [2.75, 3.05) is 14.2 Å². The Labute approximate surface area is 241 Å². The fourth-order valence-electron chi connectivity index (χ4n) is 7.17. The van der Waals surface area contributed by atoms with Crippen LogP contribution in [0.25, 0.3) is 28.0 Å². The van der Waals surface area contributed by atoms with Crippen molar-refractivity contribution in [2.45, 2.75) is 38.2 Å². The summed E-state index contributed by atoms with van der Waals surface area (Å²) in [6.45, 7) is 6.21. The molecule has 41 heavy (non-hydrogen) atoms. The first-order valence-corrected chi connectivity index (χ1v) is 14.2. The zero-order valence-electron chi connectivity index (χ0n) is 24.2. The Morgan fingerprint density at radius 1 is 0.707 bits per heavy atom. The highest BCUT2D eigenvalue weighted by atomic mass is 16.5. The van der Waals surface area contributed by atoms with Gasteiger partial charge in [-0.05, 0) is 101 Å². The van der Waals surface area contributed by atoms with E-state index in [1.54, 1.807) is 14.2 Å². The number of aryl methyl sites for hydroxylation is 2. The highest BCUT2D eigenvalue weighted by Gasteiger charge is 2.44. The molecular weight excluding hydrogens is 504 g/mol. The van der Waals surface area contributed by atoms with Crippen LogP contribution in [0.5, 0.6) is 11.5 Å². The molecule has 1 N–H and O–H groups in total. The van der Waals surface area contributed by atoms with E-state index in [9.17, 15) is 5.11 Å². The monoisotopic (exact) mass is 538 g/mol. The van der Waals surface area contributed by atoms with Crippen molar-refractivity contribution in [3.8, 4) is 22.6 Å². The van der Waals surface area contributed by atoms with Crippen LogP contribution < -0.4 is 9.47 Å². The van der Waals surface area contributed by atoms with Gasteiger partial charge < -0.3 is 14.6 Å². The van der Waals surface area contributed by atoms with E-state index >= 15 is 0 Å². The Morgan fingerprint density at radius 2 is 1.29 bits per heavy atom. The molecule has 2 aliphatic rings. The summed E-state index contributed by atoms with van der Waals surface area (Å²) in [6, 6.07) is 30.1. The smallest absolute Gasteiger partial charge is 0.118 e. The van der Waals surface area contributed by atoms with E-state index in [2.05, 4.69) is 86.7 Å². The maximum atomic E-state index is 12.2. The van der Waals surface area contributed by atoms with Crippen molar-refractivity contribution in [3.05, 3.63) is 136 Å². The number of hydrogen-bond acceptors (Lipinski definition) is 3. The Hall–Kier alpha value is -4.34. The van der Waals surface area contributed by atoms with Crippen LogP contribution in [0.15, 0.2) is 91.0 Å². The van der Waals surface area contributed by atoms with Gasteiger partial charge in [0.2, 0.25) is 0 Å². The molecule has 7 rings (SSSR count). The predicted molar refractivity (Wildman–Crippen MR) is 167 cm³/mol. The summed E-state index contributed by atoms with van der Waals surface area (Å²) in [6.07, 6.45) is 5.36. The first-order valence-electron chi connectivity index (χ1n) is 14.2. The van der Waals surface area contributed by atoms with Crippen molar-refractivity contribution >= 4 is 16.8 Å². The SMILES string of the molecule is COc1ccc(C2(c3ccc(OC)cc3)C=Cc3c4c(c5ccc(C)cc5c3C2)-c2ccc(C)cc2C4(C)O)cc1. The van der Waals surface area contributed by atoms with Crippen molar-refractivity contribution in [1.29, 1.82) is 0 Å². The first kappa shape index (κ1) is 25.6. The number of ether oxygens (including phenoxy) is 2. The van der Waals surface area contributed by atoms with E-state index < -0.39 is 11.0 Å². The van der Waals surface area contributed by atoms with Crippen LogP contribution in [0.1, 0.15) is 51.4 Å². The van der Waals surface area contributed by atoms with Gasteiger partial charge in [0.15, 0.2) is 0 Å². The van der Waals surface area contributed by atoms with Gasteiger partial charge in [-0.25, -0.2) is 0 Å². The topological polar surface area (TPSA) is 38.7 Å². The minimum atomic E-state index is -1.09. The van der Waals surface area contributed by atoms with Crippen LogP contribution in [0, 0.1) is 13.8 Å². The summed E-state index contributed by atoms with van der Waals surface area (Å²) in [5, 5.41) is 14.7. The van der Waals surface area contributed by atoms with Gasteiger partial charge in [-0.1, -0.05) is 83.9 Å². The molecule has 0 amide bonds. The Kier molecular flexibility index (Phi) is 5.68. The zero-order valence-corrected chi connectivity index (χ0v) is 24.2. The van der Waals surface area contributed by atoms with Crippen LogP contribution in [0.4, 0.5) is 0 Å². The second-order valence-electron chi connectivity index (χ2n) is 11.8. The second-order valence-corrected chi connectivity index (χ2v) is 11.8. The van der Waals surface area contributed by atoms with Crippen molar-refractivity contribution < 1.29 is 14.6 Å². The molecular formula is C38H34O3. The van der Waals surface area contributed by atoms with Crippen LogP contribution >= 0.6 is 0 Å². The Bertz CT molecular complexity index is 1810. The van der Waals surface area contributed by atoms with Gasteiger partial charge in [0, 0.05) is 11.0 Å². The van der Waals surface area contributed by atoms with E-state index in [-0.39, 0.29) is 0 Å². The fraction of sp³-hybridized carbons (Fsp3) is 0.211. The third-order valence-corrected chi connectivity index (χ3v) is 9.27. The number of allylic oxidation sites excluding steroid dienone is 1. The third-order valence-electron chi connectivity index (χ3n) is 9.27. The maximum absolute atomic E-state index is 12.2. The van der Waals surface area contributed by atoms with Crippen LogP contribution in [0.3, 0.4) is 0 Å². The third kappa shape index (κ3) is 3.69. The van der Waals surface area contributed by atoms with E-state index in [0.29, 0.717) is 0 Å². The van der Waals surface area contributed by atoms with Crippen molar-refractivity contribution in [3.63, 3.8) is 0 Å². The number of hydrogen-bond donors (Lipinski definition) is 1. The molecule has 5 aromatic rings. The lowest BCUT2D eigenvalue weighted by molar-refractivity contribution is 0.107. The Morgan fingerprint density at radius 3 is 1.90 bits per heavy atom. The summed E-state index contributed by atoms with van der Waals surface area (Å²) in [4.78, 5) is 0. The number of methoxy groups -OCH3 is 2. The molecule has 0 saturated heterocycles. The molecule has 3 nitrogen and oxygen atoms in total. The van der Waals surface area contributed by atoms with Gasteiger partial charge in [0.05, 0.1) is 14.2 Å². The summed E-state index contributed by atoms with van der Waals surface area (Å²) in [5.74, 6) is 1.67. The fourth-order valence-corrected chi connectivity index (χ4v) is 7.17. The molecule has 204 valence electrons. The zero-order chi connectivity index (χ0) is 28.5. The van der Waals surface area contributed by atoms with Gasteiger partial charge in [-0.15, -0.1) is 0 Å². The summed E-state index contributed by atoms with van der Waals surface area (Å²) < 4.78 is 11.0. The molecule has 0 heterocycles. The molecule has 0 aliphatic heterocycles. The number of fused-ring (bicyclic) bond motifs is 8. The van der Waals surface area contributed by atoms with E-state index in [0.717, 1.165) is 51.3 Å². The first-order chi connectivity index (χ1) is 19.8. The maximum Gasteiger partial charge on any atom is 0.118 e. The molecule has 2 aliphatic carbocycles. The molecule has 0 fully saturated rings. The minimum Gasteiger partial charge on any atom is -0.497 e. The number of benzene rings is 5. The lowest BCUT2D eigenvalue weighted by atomic mass is 9.65. The lowest BCUT2D eigenvalue weighted by Crippen LogP contribution is -2.32. The minimum absolute atomic E-state index is 0.412. The standard InChI is InChI=1S/C38H34O3/c1-23-6-16-29-32(20-23)33-22-38(25-8-12-27(40-4)13-9-25,26-10-14-28(41-5)15-11-26)19-18-30(33)36-35(29)31-17-7-24(2)21-34(31)37(36,3)39/h6-21,39H,22H2,1-5H3. The van der Waals surface area contributed by atoms with Crippen molar-refractivity contribution in [2.24, 2.45) is 0 Å². The molecule has 5 aromatic carbocycles. The molecule has 3 heteroatoms. The summed E-state index contributed by atoms with van der Waals surface area (Å²) in [5.41, 5.74) is 9.94. The molecule has 1 unspecified atom stereocenters. The molecule has 1 atom stereocenters. The van der Waals surface area contributed by atoms with E-state index in [4.69, 9.17) is 9.47 Å². The van der Waals surface area contributed by atoms with Crippen molar-refractivity contribution in [1.82, 2.24) is 0 Å². The highest BCUT2D eigenvalue weighted by molar-refractivity contribution is 6.07. The van der Waals surface area contributed by atoms with Gasteiger partial charge in [0.25, 0.3) is 0 Å². The Balaban J connectivity index is 1.54. The highest BCUT2D eigenvalue weighted by Crippen LogP contribution is 2.56. The van der Waals surface area contributed by atoms with Gasteiger partial charge in [-0.3, -0.25) is 0 Å². The summed E-state index contributed by atoms with van der Waals surface area (Å²) >= 11 is 0. The largest absolute Gasteiger partial charge is 0.497 e. The summed E-state index contributed by atoms with van der Waals surface area (Å²) in [7, 11) is 3.40. The number of rotatable bonds is 4. The van der Waals surface area contributed by atoms with E-state index in [1.165, 1.54) is 33.0 Å². The average molecular weight is 539 g/mol. The van der Waals surface area contributed by atoms with E-state index in [1.807, 2.05) is 31.2 Å². The van der Waals surface area contributed by atoms with Gasteiger partial charge >= 0.3 is 0 Å². The molecule has 0 radical (unpaired) electrons. The van der Waals surface area contributed by atoms with Gasteiger partial charge in [-0.2, -0.15) is 0 Å². The van der Waals surface area contributed by atoms with Gasteiger partial charge in [0.1, 0.15) is 17.1 Å². The molecule has 0 bridgehead atoms. The normalized spacial score (nSPS) is 18.1. The van der Waals surface area contributed by atoms with Crippen LogP contribution in [0.2, 0.25) is 0 Å².